The number of hydrogen-bond donors (Lipinski definition) is 2. The molecule has 24 heavy (non-hydrogen) atoms. The van der Waals surface area contributed by atoms with Crippen LogP contribution < -0.4 is 10.9 Å². The molecule has 8 heteroatoms. The minimum absolute atomic E-state index is 0.338. The summed E-state index contributed by atoms with van der Waals surface area (Å²) in [7, 11) is 0. The summed E-state index contributed by atoms with van der Waals surface area (Å²) in [5.41, 5.74) is -0.255. The predicted octanol–water partition coefficient (Wildman–Crippen LogP) is 2.08. The molecule has 0 bridgehead atoms. The molecule has 1 aromatic heterocycles. The van der Waals surface area contributed by atoms with E-state index in [1.807, 2.05) is 0 Å². The summed E-state index contributed by atoms with van der Waals surface area (Å²) < 4.78 is 39.0. The van der Waals surface area contributed by atoms with Gasteiger partial charge in [0.2, 0.25) is 0 Å². The third-order valence-electron chi connectivity index (χ3n) is 3.99. The monoisotopic (exact) mass is 337 g/mol. The zero-order chi connectivity index (χ0) is 17.3. The highest BCUT2D eigenvalue weighted by Crippen LogP contribution is 2.32. The number of halogens is 3. The van der Waals surface area contributed by atoms with Crippen molar-refractivity contribution < 1.29 is 18.0 Å². The third kappa shape index (κ3) is 3.32. The summed E-state index contributed by atoms with van der Waals surface area (Å²) in [5, 5.41) is 8.91. The van der Waals surface area contributed by atoms with E-state index >= 15 is 0 Å². The number of carbonyl (C=O) groups is 1. The lowest BCUT2D eigenvalue weighted by molar-refractivity contribution is -0.137. The maximum atomic E-state index is 13.0. The van der Waals surface area contributed by atoms with Crippen LogP contribution in [0, 0.1) is 0 Å². The number of rotatable bonds is 2. The molecule has 1 atom stereocenters. The lowest BCUT2D eigenvalue weighted by Crippen LogP contribution is -2.40. The molecular weight excluding hydrogens is 323 g/mol. The smallest absolute Gasteiger partial charge is 0.349 e. The molecule has 1 aliphatic rings. The highest BCUT2D eigenvalue weighted by molar-refractivity contribution is 5.96. The van der Waals surface area contributed by atoms with Crippen LogP contribution in [0.5, 0.6) is 0 Å². The van der Waals surface area contributed by atoms with E-state index in [1.165, 1.54) is 18.2 Å². The third-order valence-corrected chi connectivity index (χ3v) is 3.99. The van der Waals surface area contributed by atoms with Crippen LogP contribution in [0.2, 0.25) is 0 Å². The summed E-state index contributed by atoms with van der Waals surface area (Å²) in [4.78, 5) is 23.6. The topological polar surface area (TPSA) is 74.8 Å². The molecule has 0 fully saturated rings. The fourth-order valence-corrected chi connectivity index (χ4v) is 2.85. The van der Waals surface area contributed by atoms with Gasteiger partial charge in [-0.25, -0.2) is 5.10 Å². The number of alkyl halides is 3. The maximum absolute atomic E-state index is 13.0. The van der Waals surface area contributed by atoms with Crippen molar-refractivity contribution in [1.82, 2.24) is 15.5 Å². The van der Waals surface area contributed by atoms with Crippen LogP contribution in [-0.4, -0.2) is 22.1 Å². The lowest BCUT2D eigenvalue weighted by Gasteiger charge is -2.24. The molecule has 126 valence electrons. The summed E-state index contributed by atoms with van der Waals surface area (Å²) in [6.45, 7) is 0. The van der Waals surface area contributed by atoms with Gasteiger partial charge in [-0.05, 0) is 37.0 Å². The van der Waals surface area contributed by atoms with E-state index in [1.54, 1.807) is 0 Å². The molecule has 1 unspecified atom stereocenters. The first kappa shape index (κ1) is 16.2. The van der Waals surface area contributed by atoms with Crippen LogP contribution in [0.25, 0.3) is 0 Å². The zero-order valence-corrected chi connectivity index (χ0v) is 12.5. The van der Waals surface area contributed by atoms with Crippen molar-refractivity contribution in [3.8, 4) is 0 Å². The van der Waals surface area contributed by atoms with Crippen molar-refractivity contribution in [3.05, 3.63) is 63.1 Å². The molecule has 1 amide bonds. The summed E-state index contributed by atoms with van der Waals surface area (Å²) in [6.07, 6.45) is -3.14. The fourth-order valence-electron chi connectivity index (χ4n) is 2.85. The molecule has 2 aromatic rings. The van der Waals surface area contributed by atoms with Gasteiger partial charge in [0.1, 0.15) is 0 Å². The average molecular weight is 337 g/mol. The molecule has 2 N–H and O–H groups in total. The van der Waals surface area contributed by atoms with E-state index in [0.717, 1.165) is 17.8 Å². The predicted molar refractivity (Wildman–Crippen MR) is 79.6 cm³/mol. The molecule has 0 saturated carbocycles. The van der Waals surface area contributed by atoms with Crippen LogP contribution in [0.15, 0.2) is 35.1 Å². The SMILES string of the molecule is O=C(NC1CCc2n[nH]c(=O)cc2C1)c1ccccc1C(F)(F)F. The molecule has 3 rings (SSSR count). The van der Waals surface area contributed by atoms with Gasteiger partial charge in [0, 0.05) is 12.1 Å². The molecule has 0 spiro atoms. The van der Waals surface area contributed by atoms with Crippen molar-refractivity contribution in [2.45, 2.75) is 31.5 Å². The Morgan fingerprint density at radius 2 is 2.04 bits per heavy atom. The number of aryl methyl sites for hydroxylation is 1. The molecule has 5 nitrogen and oxygen atoms in total. The summed E-state index contributed by atoms with van der Waals surface area (Å²) in [5.74, 6) is -0.769. The van der Waals surface area contributed by atoms with Gasteiger partial charge in [0.25, 0.3) is 11.5 Å². The quantitative estimate of drug-likeness (QED) is 0.881. The number of aromatic amines is 1. The normalized spacial score (nSPS) is 17.2. The van der Waals surface area contributed by atoms with Crippen LogP contribution in [-0.2, 0) is 19.0 Å². The maximum Gasteiger partial charge on any atom is 0.417 e. The van der Waals surface area contributed by atoms with Crippen molar-refractivity contribution in [2.24, 2.45) is 0 Å². The Balaban J connectivity index is 1.78. The Hall–Kier alpha value is -2.64. The van der Waals surface area contributed by atoms with Gasteiger partial charge in [0.15, 0.2) is 0 Å². The van der Waals surface area contributed by atoms with E-state index < -0.39 is 23.2 Å². The second kappa shape index (κ2) is 6.10. The fraction of sp³-hybridized carbons (Fsp3) is 0.312. The van der Waals surface area contributed by atoms with Crippen LogP contribution in [0.3, 0.4) is 0 Å². The van der Waals surface area contributed by atoms with Gasteiger partial charge in [-0.15, -0.1) is 0 Å². The molecular formula is C16H14F3N3O2. The Morgan fingerprint density at radius 1 is 1.29 bits per heavy atom. The standard InChI is InChI=1S/C16H14F3N3O2/c17-16(18,19)12-4-2-1-3-11(12)15(24)20-10-5-6-13-9(7-10)8-14(23)22-21-13/h1-4,8,10H,5-7H2,(H,20,24)(H,22,23). The number of amides is 1. The van der Waals surface area contributed by atoms with Gasteiger partial charge in [-0.3, -0.25) is 9.59 Å². The van der Waals surface area contributed by atoms with Crippen molar-refractivity contribution in [2.75, 3.05) is 0 Å². The van der Waals surface area contributed by atoms with Crippen LogP contribution in [0.4, 0.5) is 13.2 Å². The highest BCUT2D eigenvalue weighted by Gasteiger charge is 2.35. The first-order valence-corrected chi connectivity index (χ1v) is 7.39. The van der Waals surface area contributed by atoms with Gasteiger partial charge >= 0.3 is 6.18 Å². The highest BCUT2D eigenvalue weighted by atomic mass is 19.4. The molecule has 0 aliphatic heterocycles. The average Bonchev–Trinajstić information content (AvgIpc) is 2.53. The van der Waals surface area contributed by atoms with Gasteiger partial charge in [-0.2, -0.15) is 18.3 Å². The minimum atomic E-state index is -4.59. The summed E-state index contributed by atoms with van der Waals surface area (Å²) in [6, 6.07) is 5.74. The second-order valence-electron chi connectivity index (χ2n) is 5.66. The van der Waals surface area contributed by atoms with E-state index in [2.05, 4.69) is 15.5 Å². The van der Waals surface area contributed by atoms with Crippen molar-refractivity contribution in [3.63, 3.8) is 0 Å². The molecule has 1 aromatic carbocycles. The number of carbonyl (C=O) groups excluding carboxylic acids is 1. The van der Waals surface area contributed by atoms with E-state index in [4.69, 9.17) is 0 Å². The Morgan fingerprint density at radius 3 is 2.79 bits per heavy atom. The van der Waals surface area contributed by atoms with Gasteiger partial charge < -0.3 is 5.32 Å². The van der Waals surface area contributed by atoms with Gasteiger partial charge in [-0.1, -0.05) is 12.1 Å². The Kier molecular flexibility index (Phi) is 4.13. The van der Waals surface area contributed by atoms with E-state index in [-0.39, 0.29) is 11.6 Å². The first-order valence-electron chi connectivity index (χ1n) is 7.39. The molecule has 0 radical (unpaired) electrons. The second-order valence-corrected chi connectivity index (χ2v) is 5.66. The van der Waals surface area contributed by atoms with Crippen LogP contribution in [0.1, 0.15) is 33.6 Å². The Labute approximate surface area is 134 Å². The Bertz CT molecular complexity index is 830. The number of aromatic nitrogens is 2. The number of fused-ring (bicyclic) bond motifs is 1. The van der Waals surface area contributed by atoms with Crippen molar-refractivity contribution >= 4 is 5.91 Å². The number of H-pyrrole nitrogens is 1. The number of nitrogens with zero attached hydrogens (tertiary/aromatic N) is 1. The van der Waals surface area contributed by atoms with Gasteiger partial charge in [0.05, 0.1) is 16.8 Å². The number of hydrogen-bond acceptors (Lipinski definition) is 3. The lowest BCUT2D eigenvalue weighted by atomic mass is 9.92. The largest absolute Gasteiger partial charge is 0.417 e. The van der Waals surface area contributed by atoms with E-state index in [9.17, 15) is 22.8 Å². The first-order chi connectivity index (χ1) is 11.3. The zero-order valence-electron chi connectivity index (χ0n) is 12.5. The number of nitrogens with one attached hydrogen (secondary N) is 2. The number of benzene rings is 1. The summed E-state index contributed by atoms with van der Waals surface area (Å²) >= 11 is 0. The van der Waals surface area contributed by atoms with E-state index in [0.29, 0.717) is 24.8 Å². The van der Waals surface area contributed by atoms with Crippen molar-refractivity contribution in [1.29, 1.82) is 0 Å². The minimum Gasteiger partial charge on any atom is -0.349 e. The van der Waals surface area contributed by atoms with Crippen LogP contribution >= 0.6 is 0 Å². The molecule has 0 saturated heterocycles. The molecule has 1 aliphatic carbocycles. The molecule has 1 heterocycles.